The van der Waals surface area contributed by atoms with Crippen LogP contribution in [-0.4, -0.2) is 42.2 Å². The van der Waals surface area contributed by atoms with Crippen LogP contribution < -0.4 is 10.1 Å². The van der Waals surface area contributed by atoms with E-state index in [1.807, 2.05) is 97.1 Å². The maximum Gasteiger partial charge on any atom is 0.252 e. The van der Waals surface area contributed by atoms with Crippen molar-refractivity contribution < 1.29 is 19.4 Å². The smallest absolute Gasteiger partial charge is 0.252 e. The van der Waals surface area contributed by atoms with Gasteiger partial charge in [0, 0.05) is 36.0 Å². The summed E-state index contributed by atoms with van der Waals surface area (Å²) in [5, 5.41) is 12.3. The molecule has 0 spiro atoms. The van der Waals surface area contributed by atoms with Crippen LogP contribution in [0.4, 0.5) is 0 Å². The number of carbonyl (C=O) groups is 1. The number of nitrogens with one attached hydrogen (secondary N) is 1. The Balaban J connectivity index is 1.36. The molecule has 2 atom stereocenters. The highest BCUT2D eigenvalue weighted by Gasteiger charge is 2.53. The summed E-state index contributed by atoms with van der Waals surface area (Å²) in [5.41, 5.74) is 4.67. The minimum Gasteiger partial charge on any atom is -0.494 e. The average molecular weight is 690 g/mol. The molecule has 0 unspecified atom stereocenters. The van der Waals surface area contributed by atoms with Crippen LogP contribution in [0.1, 0.15) is 34.8 Å². The Kier molecular flexibility index (Phi) is 10.5. The van der Waals surface area contributed by atoms with Crippen molar-refractivity contribution in [2.45, 2.75) is 30.9 Å². The quantitative estimate of drug-likeness (QED) is 0.124. The fourth-order valence-corrected chi connectivity index (χ4v) is 6.06. The number of aliphatic imine (C=N–C) groups is 1. The van der Waals surface area contributed by atoms with Gasteiger partial charge in [0.25, 0.3) is 5.91 Å². The van der Waals surface area contributed by atoms with Gasteiger partial charge in [-0.2, -0.15) is 0 Å². The lowest BCUT2D eigenvalue weighted by Crippen LogP contribution is -2.50. The van der Waals surface area contributed by atoms with Crippen molar-refractivity contribution in [3.05, 3.63) is 160 Å². The Morgan fingerprint density at radius 1 is 0.787 bits per heavy atom. The molecule has 0 radical (unpaired) electrons. The summed E-state index contributed by atoms with van der Waals surface area (Å²) in [6, 6.07) is 44.1. The molecule has 6 rings (SSSR count). The summed E-state index contributed by atoms with van der Waals surface area (Å²) in [6.45, 7) is 0.960. The molecular formula is C40H37BrN2O4. The Labute approximate surface area is 284 Å². The minimum atomic E-state index is -1.26. The first-order chi connectivity index (χ1) is 23.0. The maximum atomic E-state index is 14.5. The van der Waals surface area contributed by atoms with Crippen molar-refractivity contribution in [2.24, 2.45) is 4.99 Å². The third-order valence-electron chi connectivity index (χ3n) is 8.28. The second-order valence-electron chi connectivity index (χ2n) is 11.6. The molecule has 6 nitrogen and oxygen atoms in total. The molecular weight excluding hydrogens is 652 g/mol. The van der Waals surface area contributed by atoms with E-state index in [1.54, 1.807) is 0 Å². The molecule has 0 aromatic heterocycles. The van der Waals surface area contributed by atoms with Crippen LogP contribution in [0.15, 0.2) is 143 Å². The largest absolute Gasteiger partial charge is 0.494 e. The third kappa shape index (κ3) is 7.81. The monoisotopic (exact) mass is 688 g/mol. The summed E-state index contributed by atoms with van der Waals surface area (Å²) in [6.07, 6.45) is 0.929. The number of aliphatic hydroxyl groups excluding tert-OH is 1. The molecule has 1 heterocycles. The summed E-state index contributed by atoms with van der Waals surface area (Å²) in [5.74, 6) is 0.910. The van der Waals surface area contributed by atoms with E-state index in [4.69, 9.17) is 19.6 Å². The first kappa shape index (κ1) is 32.2. The standard InChI is InChI=1S/C40H37BrN2O4/c41-35-20-12-29(13-21-35)24-25-42-39(45)40(28-30-8-3-1-4-9-30)37(33-16-14-32(15-17-33)31-10-5-2-6-11-31)47-38(43-40)34-18-22-36(23-19-34)46-27-7-26-44/h1-6,8-23,37,44H,7,24-28H2,(H,42,45)/t37-,40-/m1/s1. The number of hydrogen-bond donors (Lipinski definition) is 2. The number of carbonyl (C=O) groups excluding carboxylic acids is 1. The maximum absolute atomic E-state index is 14.5. The first-order valence-electron chi connectivity index (χ1n) is 15.9. The van der Waals surface area contributed by atoms with E-state index in [0.29, 0.717) is 44.1 Å². The van der Waals surface area contributed by atoms with Gasteiger partial charge in [-0.25, -0.2) is 4.99 Å². The Bertz CT molecular complexity index is 1780. The van der Waals surface area contributed by atoms with E-state index in [1.165, 1.54) is 0 Å². The van der Waals surface area contributed by atoms with E-state index in [-0.39, 0.29) is 12.5 Å². The molecule has 7 heteroatoms. The zero-order valence-corrected chi connectivity index (χ0v) is 27.6. The van der Waals surface area contributed by atoms with Crippen molar-refractivity contribution in [1.29, 1.82) is 0 Å². The zero-order chi connectivity index (χ0) is 32.5. The third-order valence-corrected chi connectivity index (χ3v) is 8.81. The van der Waals surface area contributed by atoms with Crippen LogP contribution in [0.5, 0.6) is 5.75 Å². The zero-order valence-electron chi connectivity index (χ0n) is 26.0. The molecule has 0 saturated carbocycles. The fourth-order valence-electron chi connectivity index (χ4n) is 5.79. The van der Waals surface area contributed by atoms with Crippen LogP contribution in [0.3, 0.4) is 0 Å². The van der Waals surface area contributed by atoms with Crippen LogP contribution in [-0.2, 0) is 22.4 Å². The van der Waals surface area contributed by atoms with Crippen molar-refractivity contribution in [3.63, 3.8) is 0 Å². The fraction of sp³-hybridized carbons (Fsp3) is 0.200. The summed E-state index contributed by atoms with van der Waals surface area (Å²) in [4.78, 5) is 19.7. The summed E-state index contributed by atoms with van der Waals surface area (Å²) >= 11 is 3.49. The van der Waals surface area contributed by atoms with E-state index in [0.717, 1.165) is 37.9 Å². The molecule has 0 aliphatic carbocycles. The van der Waals surface area contributed by atoms with E-state index in [9.17, 15) is 4.79 Å². The molecule has 0 fully saturated rings. The molecule has 47 heavy (non-hydrogen) atoms. The SMILES string of the molecule is O=C(NCCc1ccc(Br)cc1)[C@]1(Cc2ccccc2)N=C(c2ccc(OCCCO)cc2)O[C@@H]1c1ccc(-c2ccccc2)cc1. The molecule has 1 amide bonds. The van der Waals surface area contributed by atoms with Gasteiger partial charge in [0.2, 0.25) is 5.90 Å². The number of aliphatic hydroxyl groups is 1. The molecule has 5 aromatic rings. The number of hydrogen-bond acceptors (Lipinski definition) is 5. The Hall–Kier alpha value is -4.72. The lowest BCUT2D eigenvalue weighted by Gasteiger charge is -2.31. The molecule has 1 aliphatic rings. The van der Waals surface area contributed by atoms with Gasteiger partial charge in [0.1, 0.15) is 5.75 Å². The highest BCUT2D eigenvalue weighted by molar-refractivity contribution is 9.10. The van der Waals surface area contributed by atoms with Gasteiger partial charge in [-0.15, -0.1) is 0 Å². The van der Waals surface area contributed by atoms with Gasteiger partial charge in [-0.05, 0) is 70.6 Å². The van der Waals surface area contributed by atoms with Crippen molar-refractivity contribution in [3.8, 4) is 16.9 Å². The second kappa shape index (κ2) is 15.2. The van der Waals surface area contributed by atoms with Gasteiger partial charge in [0.15, 0.2) is 11.6 Å². The molecule has 5 aromatic carbocycles. The Morgan fingerprint density at radius 2 is 1.43 bits per heavy atom. The normalized spacial score (nSPS) is 17.1. The topological polar surface area (TPSA) is 80.2 Å². The van der Waals surface area contributed by atoms with E-state index >= 15 is 0 Å². The van der Waals surface area contributed by atoms with Crippen molar-refractivity contribution in [1.82, 2.24) is 5.32 Å². The van der Waals surface area contributed by atoms with Crippen molar-refractivity contribution >= 4 is 27.7 Å². The van der Waals surface area contributed by atoms with Gasteiger partial charge in [0.05, 0.1) is 6.61 Å². The van der Waals surface area contributed by atoms with Crippen LogP contribution in [0.25, 0.3) is 11.1 Å². The first-order valence-corrected chi connectivity index (χ1v) is 16.7. The van der Waals surface area contributed by atoms with E-state index in [2.05, 4.69) is 57.6 Å². The average Bonchev–Trinajstić information content (AvgIpc) is 3.50. The minimum absolute atomic E-state index is 0.0745. The molecule has 0 saturated heterocycles. The number of ether oxygens (including phenoxy) is 2. The van der Waals surface area contributed by atoms with Crippen molar-refractivity contribution in [2.75, 3.05) is 19.8 Å². The summed E-state index contributed by atoms with van der Waals surface area (Å²) in [7, 11) is 0. The number of benzene rings is 5. The number of rotatable bonds is 13. The van der Waals surface area contributed by atoms with Crippen LogP contribution >= 0.6 is 15.9 Å². The lowest BCUT2D eigenvalue weighted by atomic mass is 9.81. The highest BCUT2D eigenvalue weighted by atomic mass is 79.9. The number of nitrogens with zero attached hydrogens (tertiary/aromatic N) is 1. The lowest BCUT2D eigenvalue weighted by molar-refractivity contribution is -0.128. The predicted molar refractivity (Wildman–Crippen MR) is 190 cm³/mol. The second-order valence-corrected chi connectivity index (χ2v) is 12.5. The van der Waals surface area contributed by atoms with Crippen LogP contribution in [0, 0.1) is 0 Å². The summed E-state index contributed by atoms with van der Waals surface area (Å²) < 4.78 is 13.5. The van der Waals surface area contributed by atoms with Crippen LogP contribution in [0.2, 0.25) is 0 Å². The number of amides is 1. The number of halogens is 1. The molecule has 238 valence electrons. The molecule has 2 N–H and O–H groups in total. The molecule has 0 bridgehead atoms. The van der Waals surface area contributed by atoms with Gasteiger partial charge >= 0.3 is 0 Å². The van der Waals surface area contributed by atoms with E-state index < -0.39 is 11.6 Å². The van der Waals surface area contributed by atoms with Gasteiger partial charge in [-0.1, -0.05) is 113 Å². The predicted octanol–water partition coefficient (Wildman–Crippen LogP) is 7.74. The Morgan fingerprint density at radius 3 is 2.11 bits per heavy atom. The molecule has 1 aliphatic heterocycles. The highest BCUT2D eigenvalue weighted by Crippen LogP contribution is 2.43. The van der Waals surface area contributed by atoms with Gasteiger partial charge in [-0.3, -0.25) is 4.79 Å². The van der Waals surface area contributed by atoms with Gasteiger partial charge < -0.3 is 19.9 Å².